The maximum absolute atomic E-state index is 12.3. The summed E-state index contributed by atoms with van der Waals surface area (Å²) in [6, 6.07) is 6.23. The van der Waals surface area contributed by atoms with Crippen LogP contribution in [0.4, 0.5) is 0 Å². The molecule has 100 valence electrons. The summed E-state index contributed by atoms with van der Waals surface area (Å²) in [6.45, 7) is 6.55. The Bertz CT molecular complexity index is 439. The molecule has 1 saturated heterocycles. The van der Waals surface area contributed by atoms with E-state index < -0.39 is 0 Å². The topological polar surface area (TPSA) is 32.3 Å². The van der Waals surface area contributed by atoms with Crippen LogP contribution in [0, 0.1) is 6.92 Å². The molecule has 1 fully saturated rings. The molecule has 0 spiro atoms. The zero-order valence-corrected chi connectivity index (χ0v) is 13.0. The molecule has 1 aromatic carbocycles. The van der Waals surface area contributed by atoms with Crippen LogP contribution >= 0.6 is 28.3 Å². The van der Waals surface area contributed by atoms with E-state index in [2.05, 4.69) is 28.2 Å². The van der Waals surface area contributed by atoms with E-state index in [-0.39, 0.29) is 18.3 Å². The van der Waals surface area contributed by atoms with Gasteiger partial charge in [-0.3, -0.25) is 4.79 Å². The first-order valence-corrected chi connectivity index (χ1v) is 6.66. The van der Waals surface area contributed by atoms with Crippen molar-refractivity contribution < 1.29 is 4.79 Å². The zero-order valence-electron chi connectivity index (χ0n) is 10.6. The van der Waals surface area contributed by atoms with Gasteiger partial charge >= 0.3 is 0 Å². The van der Waals surface area contributed by atoms with Crippen LogP contribution in [0.1, 0.15) is 22.8 Å². The fourth-order valence-electron chi connectivity index (χ4n) is 2.08. The van der Waals surface area contributed by atoms with Gasteiger partial charge in [0.2, 0.25) is 0 Å². The van der Waals surface area contributed by atoms with Crippen molar-refractivity contribution >= 4 is 34.2 Å². The number of nitrogens with zero attached hydrogens (tertiary/aromatic N) is 1. The molecule has 3 nitrogen and oxygen atoms in total. The van der Waals surface area contributed by atoms with Crippen molar-refractivity contribution in [3.63, 3.8) is 0 Å². The summed E-state index contributed by atoms with van der Waals surface area (Å²) < 4.78 is 0.883. The van der Waals surface area contributed by atoms with Crippen LogP contribution in [0.3, 0.4) is 0 Å². The van der Waals surface area contributed by atoms with Crippen molar-refractivity contribution in [1.29, 1.82) is 0 Å². The van der Waals surface area contributed by atoms with E-state index in [0.717, 1.165) is 35.2 Å². The number of piperazine rings is 1. The lowest BCUT2D eigenvalue weighted by Gasteiger charge is -2.32. The molecule has 1 aromatic rings. The average Bonchev–Trinajstić information content (AvgIpc) is 2.28. The summed E-state index contributed by atoms with van der Waals surface area (Å²) in [4.78, 5) is 14.3. The van der Waals surface area contributed by atoms with Crippen LogP contribution in [0.15, 0.2) is 22.7 Å². The molecule has 1 aliphatic rings. The number of hydrogen-bond donors (Lipinski definition) is 1. The molecule has 0 aromatic heterocycles. The van der Waals surface area contributed by atoms with Crippen LogP contribution in [0.5, 0.6) is 0 Å². The second-order valence-electron chi connectivity index (χ2n) is 4.59. The van der Waals surface area contributed by atoms with Crippen molar-refractivity contribution in [3.05, 3.63) is 33.8 Å². The SMILES string of the molecule is Cc1ccc(C(=O)N2CCN[C@@H](C)C2)c(Br)c1.Cl. The van der Waals surface area contributed by atoms with E-state index in [1.807, 2.05) is 30.0 Å². The Morgan fingerprint density at radius 2 is 2.22 bits per heavy atom. The van der Waals surface area contributed by atoms with Crippen molar-refractivity contribution in [2.24, 2.45) is 0 Å². The number of aryl methyl sites for hydroxylation is 1. The third-order valence-electron chi connectivity index (χ3n) is 3.01. The minimum absolute atomic E-state index is 0. The van der Waals surface area contributed by atoms with Gasteiger partial charge in [0.1, 0.15) is 0 Å². The highest BCUT2D eigenvalue weighted by atomic mass is 79.9. The van der Waals surface area contributed by atoms with Gasteiger partial charge in [-0.05, 0) is 47.5 Å². The molecule has 1 atom stereocenters. The Balaban J connectivity index is 0.00000162. The van der Waals surface area contributed by atoms with Crippen molar-refractivity contribution in [3.8, 4) is 0 Å². The first-order valence-electron chi connectivity index (χ1n) is 5.87. The minimum Gasteiger partial charge on any atom is -0.336 e. The molecule has 0 bridgehead atoms. The fourth-order valence-corrected chi connectivity index (χ4v) is 2.74. The number of nitrogens with one attached hydrogen (secondary N) is 1. The minimum atomic E-state index is 0. The van der Waals surface area contributed by atoms with Crippen LogP contribution in [-0.4, -0.2) is 36.5 Å². The Kier molecular flexibility index (Phi) is 5.63. The Morgan fingerprint density at radius 1 is 1.50 bits per heavy atom. The van der Waals surface area contributed by atoms with Gasteiger partial charge in [0, 0.05) is 30.1 Å². The third kappa shape index (κ3) is 3.46. The normalized spacial score (nSPS) is 19.3. The Labute approximate surface area is 122 Å². The first kappa shape index (κ1) is 15.5. The second-order valence-corrected chi connectivity index (χ2v) is 5.44. The highest BCUT2D eigenvalue weighted by Gasteiger charge is 2.22. The smallest absolute Gasteiger partial charge is 0.255 e. The number of halogens is 2. The molecule has 18 heavy (non-hydrogen) atoms. The van der Waals surface area contributed by atoms with Crippen molar-refractivity contribution in [2.75, 3.05) is 19.6 Å². The molecule has 1 N–H and O–H groups in total. The van der Waals surface area contributed by atoms with E-state index in [1.165, 1.54) is 0 Å². The molecule has 5 heteroatoms. The number of amides is 1. The predicted octanol–water partition coefficient (Wildman–Crippen LogP) is 2.61. The number of carbonyl (C=O) groups excluding carboxylic acids is 1. The Morgan fingerprint density at radius 3 is 2.83 bits per heavy atom. The van der Waals surface area contributed by atoms with Gasteiger partial charge in [-0.1, -0.05) is 6.07 Å². The number of hydrogen-bond acceptors (Lipinski definition) is 2. The molecule has 1 amide bonds. The fraction of sp³-hybridized carbons (Fsp3) is 0.462. The van der Waals surface area contributed by atoms with Gasteiger partial charge in [0.25, 0.3) is 5.91 Å². The maximum Gasteiger partial charge on any atom is 0.255 e. The molecule has 0 radical (unpaired) electrons. The molecular formula is C13H18BrClN2O. The molecule has 1 aliphatic heterocycles. The standard InChI is InChI=1S/C13H17BrN2O.ClH/c1-9-3-4-11(12(14)7-9)13(17)16-6-5-15-10(2)8-16;/h3-4,7,10,15H,5-6,8H2,1-2H3;1H/t10-;/m0./s1. The van der Waals surface area contributed by atoms with Crippen LogP contribution in [0.25, 0.3) is 0 Å². The van der Waals surface area contributed by atoms with Gasteiger partial charge in [-0.2, -0.15) is 0 Å². The van der Waals surface area contributed by atoms with E-state index in [0.29, 0.717) is 6.04 Å². The van der Waals surface area contributed by atoms with E-state index >= 15 is 0 Å². The number of rotatable bonds is 1. The predicted molar refractivity (Wildman–Crippen MR) is 79.5 cm³/mol. The lowest BCUT2D eigenvalue weighted by molar-refractivity contribution is 0.0708. The van der Waals surface area contributed by atoms with E-state index in [9.17, 15) is 4.79 Å². The van der Waals surface area contributed by atoms with E-state index in [1.54, 1.807) is 0 Å². The monoisotopic (exact) mass is 332 g/mol. The van der Waals surface area contributed by atoms with E-state index in [4.69, 9.17) is 0 Å². The summed E-state index contributed by atoms with van der Waals surface area (Å²) in [5.74, 6) is 0.116. The van der Waals surface area contributed by atoms with Crippen LogP contribution in [0.2, 0.25) is 0 Å². The van der Waals surface area contributed by atoms with Gasteiger partial charge in [0.05, 0.1) is 5.56 Å². The Hall–Kier alpha value is -0.580. The summed E-state index contributed by atoms with van der Waals surface area (Å²) in [5.41, 5.74) is 1.91. The van der Waals surface area contributed by atoms with Gasteiger partial charge in [-0.15, -0.1) is 12.4 Å². The summed E-state index contributed by atoms with van der Waals surface area (Å²) in [6.07, 6.45) is 0. The number of benzene rings is 1. The highest BCUT2D eigenvalue weighted by Crippen LogP contribution is 2.20. The molecule has 2 rings (SSSR count). The first-order chi connectivity index (χ1) is 8.08. The van der Waals surface area contributed by atoms with Crippen LogP contribution < -0.4 is 5.32 Å². The van der Waals surface area contributed by atoms with Gasteiger partial charge < -0.3 is 10.2 Å². The quantitative estimate of drug-likeness (QED) is 0.857. The lowest BCUT2D eigenvalue weighted by Crippen LogP contribution is -2.51. The van der Waals surface area contributed by atoms with Gasteiger partial charge in [-0.25, -0.2) is 0 Å². The average molecular weight is 334 g/mol. The third-order valence-corrected chi connectivity index (χ3v) is 3.67. The van der Waals surface area contributed by atoms with Crippen molar-refractivity contribution in [2.45, 2.75) is 19.9 Å². The molecular weight excluding hydrogens is 316 g/mol. The molecule has 0 aliphatic carbocycles. The largest absolute Gasteiger partial charge is 0.336 e. The summed E-state index contributed by atoms with van der Waals surface area (Å²) >= 11 is 3.47. The zero-order chi connectivity index (χ0) is 12.4. The van der Waals surface area contributed by atoms with Crippen LogP contribution in [-0.2, 0) is 0 Å². The maximum atomic E-state index is 12.3. The molecule has 0 saturated carbocycles. The highest BCUT2D eigenvalue weighted by molar-refractivity contribution is 9.10. The van der Waals surface area contributed by atoms with Crippen molar-refractivity contribution in [1.82, 2.24) is 10.2 Å². The molecule has 1 heterocycles. The van der Waals surface area contributed by atoms with Gasteiger partial charge in [0.15, 0.2) is 0 Å². The summed E-state index contributed by atoms with van der Waals surface area (Å²) in [5, 5.41) is 3.34. The second kappa shape index (κ2) is 6.55. The number of carbonyl (C=O) groups is 1. The molecule has 0 unspecified atom stereocenters. The summed E-state index contributed by atoms with van der Waals surface area (Å²) in [7, 11) is 0. The lowest BCUT2D eigenvalue weighted by atomic mass is 10.1.